The van der Waals surface area contributed by atoms with Crippen molar-refractivity contribution in [1.29, 1.82) is 0 Å². The van der Waals surface area contributed by atoms with Crippen molar-refractivity contribution in [3.63, 3.8) is 0 Å². The molecule has 0 aliphatic carbocycles. The topological polar surface area (TPSA) is 48.1 Å². The average Bonchev–Trinajstić information content (AvgIpc) is 3.12. The summed E-state index contributed by atoms with van der Waals surface area (Å²) in [5, 5.41) is 4.33. The number of nitrogens with zero attached hydrogens (tertiary/aromatic N) is 5. The molecule has 2 aliphatic rings. The molecule has 1 saturated heterocycles. The van der Waals surface area contributed by atoms with Crippen molar-refractivity contribution < 1.29 is 4.74 Å². The number of imidazole rings is 1. The first-order chi connectivity index (χ1) is 11.6. The molecule has 4 heterocycles. The molecule has 24 heavy (non-hydrogen) atoms. The van der Waals surface area contributed by atoms with Crippen molar-refractivity contribution in [2.45, 2.75) is 45.9 Å². The van der Waals surface area contributed by atoms with Crippen LogP contribution in [0.2, 0.25) is 0 Å². The molecule has 2 atom stereocenters. The maximum atomic E-state index is 6.12. The lowest BCUT2D eigenvalue weighted by molar-refractivity contribution is -0.0414. The molecule has 6 heteroatoms. The van der Waals surface area contributed by atoms with Crippen LogP contribution in [0.15, 0.2) is 12.4 Å². The minimum atomic E-state index is 0.178. The summed E-state index contributed by atoms with van der Waals surface area (Å²) >= 11 is 0. The first-order valence-electron chi connectivity index (χ1n) is 8.97. The molecule has 1 fully saturated rings. The number of ether oxygens (including phenoxy) is 1. The van der Waals surface area contributed by atoms with E-state index >= 15 is 0 Å². The van der Waals surface area contributed by atoms with E-state index in [0.29, 0.717) is 5.92 Å². The van der Waals surface area contributed by atoms with Gasteiger partial charge >= 0.3 is 0 Å². The van der Waals surface area contributed by atoms with Crippen LogP contribution < -0.4 is 0 Å². The van der Waals surface area contributed by atoms with Crippen molar-refractivity contribution in [2.75, 3.05) is 19.7 Å². The number of fused-ring (bicyclic) bond motifs is 1. The molecule has 0 N–H and O–H groups in total. The summed E-state index contributed by atoms with van der Waals surface area (Å²) in [5.74, 6) is 1.75. The molecule has 6 nitrogen and oxygen atoms in total. The van der Waals surface area contributed by atoms with Crippen LogP contribution in [0.3, 0.4) is 0 Å². The van der Waals surface area contributed by atoms with Gasteiger partial charge in [0.15, 0.2) is 0 Å². The fourth-order valence-electron chi connectivity index (χ4n) is 4.13. The monoisotopic (exact) mass is 329 g/mol. The number of aryl methyl sites for hydroxylation is 2. The van der Waals surface area contributed by atoms with Crippen molar-refractivity contribution in [2.24, 2.45) is 13.0 Å². The third-order valence-electron chi connectivity index (χ3n) is 5.53. The van der Waals surface area contributed by atoms with Crippen LogP contribution in [0.5, 0.6) is 0 Å². The third-order valence-corrected chi connectivity index (χ3v) is 5.53. The Morgan fingerprint density at radius 3 is 2.96 bits per heavy atom. The summed E-state index contributed by atoms with van der Waals surface area (Å²) in [5.41, 5.74) is 3.70. The van der Waals surface area contributed by atoms with Gasteiger partial charge in [-0.3, -0.25) is 9.58 Å². The van der Waals surface area contributed by atoms with Gasteiger partial charge in [0.25, 0.3) is 0 Å². The fourth-order valence-corrected chi connectivity index (χ4v) is 4.13. The Bertz CT molecular complexity index is 719. The standard InChI is InChI=1S/C18H27N5O/c1-13-14(2)23-7-6-22(12-17(23)20-13)11-15-5-4-8-24-18(15)16-9-19-21(3)10-16/h9-10,15,18H,4-8,11-12H2,1-3H3/t15-,18+/m0/s1. The SMILES string of the molecule is Cc1nc2n(c1C)CCN(C[C@@H]1CCCO[C@H]1c1cnn(C)c1)C2. The minimum absolute atomic E-state index is 0.178. The molecular weight excluding hydrogens is 302 g/mol. The van der Waals surface area contributed by atoms with Gasteiger partial charge in [-0.15, -0.1) is 0 Å². The lowest BCUT2D eigenvalue weighted by atomic mass is 9.90. The lowest BCUT2D eigenvalue weighted by Gasteiger charge is -2.36. The zero-order chi connectivity index (χ0) is 16.7. The lowest BCUT2D eigenvalue weighted by Crippen LogP contribution is -2.40. The van der Waals surface area contributed by atoms with Gasteiger partial charge in [-0.05, 0) is 26.7 Å². The van der Waals surface area contributed by atoms with Crippen LogP contribution in [0.25, 0.3) is 0 Å². The second-order valence-electron chi connectivity index (χ2n) is 7.23. The van der Waals surface area contributed by atoms with Crippen molar-refractivity contribution in [3.8, 4) is 0 Å². The molecule has 2 aliphatic heterocycles. The predicted molar refractivity (Wildman–Crippen MR) is 91.6 cm³/mol. The van der Waals surface area contributed by atoms with E-state index in [9.17, 15) is 0 Å². The maximum Gasteiger partial charge on any atom is 0.123 e. The third kappa shape index (κ3) is 2.89. The summed E-state index contributed by atoms with van der Waals surface area (Å²) in [7, 11) is 1.97. The number of hydrogen-bond donors (Lipinski definition) is 0. The van der Waals surface area contributed by atoms with Gasteiger partial charge in [-0.1, -0.05) is 0 Å². The van der Waals surface area contributed by atoms with Gasteiger partial charge in [-0.25, -0.2) is 4.98 Å². The van der Waals surface area contributed by atoms with Gasteiger partial charge in [0, 0.05) is 56.7 Å². The van der Waals surface area contributed by atoms with E-state index in [-0.39, 0.29) is 6.10 Å². The highest BCUT2D eigenvalue weighted by Gasteiger charge is 2.31. The van der Waals surface area contributed by atoms with E-state index in [1.807, 2.05) is 17.9 Å². The highest BCUT2D eigenvalue weighted by molar-refractivity contribution is 5.16. The van der Waals surface area contributed by atoms with Gasteiger partial charge < -0.3 is 9.30 Å². The molecule has 0 bridgehead atoms. The summed E-state index contributed by atoms with van der Waals surface area (Å²) in [6, 6.07) is 0. The number of hydrogen-bond acceptors (Lipinski definition) is 4. The Kier molecular flexibility index (Phi) is 4.18. The Labute approximate surface area is 143 Å². The van der Waals surface area contributed by atoms with Gasteiger partial charge in [0.05, 0.1) is 24.5 Å². The fraction of sp³-hybridized carbons (Fsp3) is 0.667. The van der Waals surface area contributed by atoms with Crippen LogP contribution in [0.4, 0.5) is 0 Å². The number of rotatable bonds is 3. The van der Waals surface area contributed by atoms with Crippen molar-refractivity contribution in [1.82, 2.24) is 24.2 Å². The first-order valence-corrected chi connectivity index (χ1v) is 8.97. The molecule has 0 saturated carbocycles. The van der Waals surface area contributed by atoms with Gasteiger partial charge in [-0.2, -0.15) is 5.10 Å². The largest absolute Gasteiger partial charge is 0.373 e. The van der Waals surface area contributed by atoms with Crippen molar-refractivity contribution >= 4 is 0 Å². The summed E-state index contributed by atoms with van der Waals surface area (Å²) in [6.45, 7) is 9.31. The normalized spacial score (nSPS) is 25.0. The van der Waals surface area contributed by atoms with Gasteiger partial charge in [0.1, 0.15) is 5.82 Å². The summed E-state index contributed by atoms with van der Waals surface area (Å²) in [6.07, 6.45) is 6.61. The molecule has 0 radical (unpaired) electrons. The molecule has 0 unspecified atom stereocenters. The zero-order valence-electron chi connectivity index (χ0n) is 14.9. The van der Waals surface area contributed by atoms with Crippen LogP contribution in [-0.4, -0.2) is 43.9 Å². The van der Waals surface area contributed by atoms with Crippen LogP contribution in [0.1, 0.15) is 41.7 Å². The Hall–Kier alpha value is -1.66. The van der Waals surface area contributed by atoms with E-state index in [1.54, 1.807) is 0 Å². The predicted octanol–water partition coefficient (Wildman–Crippen LogP) is 2.22. The van der Waals surface area contributed by atoms with Crippen LogP contribution in [-0.2, 0) is 24.9 Å². The highest BCUT2D eigenvalue weighted by atomic mass is 16.5. The maximum absolute atomic E-state index is 6.12. The zero-order valence-corrected chi connectivity index (χ0v) is 14.9. The first kappa shape index (κ1) is 15.8. The smallest absolute Gasteiger partial charge is 0.123 e. The van der Waals surface area contributed by atoms with Crippen LogP contribution >= 0.6 is 0 Å². The van der Waals surface area contributed by atoms with Gasteiger partial charge in [0.2, 0.25) is 0 Å². The molecular formula is C18H27N5O. The molecule has 130 valence electrons. The van der Waals surface area contributed by atoms with E-state index in [2.05, 4.69) is 34.6 Å². The Morgan fingerprint density at radius 1 is 1.29 bits per heavy atom. The minimum Gasteiger partial charge on any atom is -0.373 e. The molecule has 0 aromatic carbocycles. The van der Waals surface area contributed by atoms with Crippen LogP contribution in [0, 0.1) is 19.8 Å². The van der Waals surface area contributed by atoms with E-state index < -0.39 is 0 Å². The number of aromatic nitrogens is 4. The molecule has 0 amide bonds. The Balaban J connectivity index is 1.47. The molecule has 0 spiro atoms. The quantitative estimate of drug-likeness (QED) is 0.866. The highest BCUT2D eigenvalue weighted by Crippen LogP contribution is 2.34. The second-order valence-corrected chi connectivity index (χ2v) is 7.23. The second kappa shape index (κ2) is 6.33. The van der Waals surface area contributed by atoms with E-state index in [1.165, 1.54) is 29.2 Å². The van der Waals surface area contributed by atoms with Crippen molar-refractivity contribution in [3.05, 3.63) is 35.2 Å². The van der Waals surface area contributed by atoms with E-state index in [0.717, 1.165) is 39.2 Å². The Morgan fingerprint density at radius 2 is 2.17 bits per heavy atom. The molecule has 4 rings (SSSR count). The molecule has 2 aromatic heterocycles. The summed E-state index contributed by atoms with van der Waals surface area (Å²) in [4.78, 5) is 7.30. The van der Waals surface area contributed by atoms with E-state index in [4.69, 9.17) is 9.72 Å². The summed E-state index contributed by atoms with van der Waals surface area (Å²) < 4.78 is 10.4. The average molecular weight is 329 g/mol. The molecule has 2 aromatic rings.